The molecule has 3 rings (SSSR count). The van der Waals surface area contributed by atoms with Gasteiger partial charge in [-0.3, -0.25) is 5.10 Å². The van der Waals surface area contributed by atoms with Crippen LogP contribution < -0.4 is 4.72 Å². The molecule has 0 saturated carbocycles. The summed E-state index contributed by atoms with van der Waals surface area (Å²) < 4.78 is 31.0. The molecular weight excluding hydrogens is 318 g/mol. The van der Waals surface area contributed by atoms with Crippen molar-refractivity contribution in [2.45, 2.75) is 45.1 Å². The molecule has 1 aliphatic rings. The largest absolute Gasteiger partial charge is 0.339 e. The minimum atomic E-state index is -3.38. The first-order valence-corrected chi connectivity index (χ1v) is 9.41. The number of H-pyrrole nitrogens is 1. The molecule has 2 aromatic heterocycles. The number of fused-ring (bicyclic) bond motifs is 1. The first kappa shape index (κ1) is 16.1. The Hall–Kier alpha value is -1.74. The van der Waals surface area contributed by atoms with Crippen molar-refractivity contribution in [1.29, 1.82) is 0 Å². The van der Waals surface area contributed by atoms with Crippen LogP contribution in [0.5, 0.6) is 0 Å². The zero-order valence-electron chi connectivity index (χ0n) is 13.6. The second-order valence-electron chi connectivity index (χ2n) is 6.75. The molecule has 0 radical (unpaired) electrons. The normalized spacial score (nSPS) is 22.1. The number of aromatic nitrogens is 4. The average Bonchev–Trinajstić information content (AvgIpc) is 3.03. The molecule has 0 aromatic carbocycles. The van der Waals surface area contributed by atoms with E-state index in [0.29, 0.717) is 17.6 Å². The fourth-order valence-corrected chi connectivity index (χ4v) is 4.15. The Labute approximate surface area is 135 Å². The van der Waals surface area contributed by atoms with Crippen molar-refractivity contribution in [3.63, 3.8) is 0 Å². The van der Waals surface area contributed by atoms with Gasteiger partial charge in [0.1, 0.15) is 0 Å². The molecule has 0 amide bonds. The van der Waals surface area contributed by atoms with Crippen LogP contribution in [0.4, 0.5) is 0 Å². The van der Waals surface area contributed by atoms with Gasteiger partial charge in [-0.2, -0.15) is 10.1 Å². The summed E-state index contributed by atoms with van der Waals surface area (Å²) in [4.78, 5) is 4.47. The number of rotatable bonds is 4. The smallest absolute Gasteiger partial charge is 0.234 e. The van der Waals surface area contributed by atoms with E-state index in [1.807, 2.05) is 0 Å². The van der Waals surface area contributed by atoms with Crippen LogP contribution in [0.25, 0.3) is 0 Å². The molecule has 8 nitrogen and oxygen atoms in total. The first-order valence-electron chi connectivity index (χ1n) is 7.52. The molecule has 126 valence electrons. The van der Waals surface area contributed by atoms with Crippen LogP contribution in [0.1, 0.15) is 56.1 Å². The van der Waals surface area contributed by atoms with Gasteiger partial charge in [0.15, 0.2) is 5.82 Å². The summed E-state index contributed by atoms with van der Waals surface area (Å²) in [6, 6.07) is 0. The Morgan fingerprint density at radius 3 is 2.87 bits per heavy atom. The Morgan fingerprint density at radius 1 is 1.43 bits per heavy atom. The van der Waals surface area contributed by atoms with Crippen LogP contribution in [0.3, 0.4) is 0 Å². The molecule has 1 aliphatic carbocycles. The molecule has 9 heteroatoms. The Bertz CT molecular complexity index is 808. The maximum atomic E-state index is 11.5. The van der Waals surface area contributed by atoms with E-state index < -0.39 is 15.6 Å². The fraction of sp³-hybridized carbons (Fsp3) is 0.643. The van der Waals surface area contributed by atoms with Crippen molar-refractivity contribution in [3.8, 4) is 0 Å². The van der Waals surface area contributed by atoms with Crippen LogP contribution in [0.2, 0.25) is 0 Å². The summed E-state index contributed by atoms with van der Waals surface area (Å²) in [5.74, 6) is 1.14. The average molecular weight is 339 g/mol. The molecule has 0 saturated heterocycles. The molecule has 0 fully saturated rings. The third-order valence-electron chi connectivity index (χ3n) is 4.21. The van der Waals surface area contributed by atoms with Gasteiger partial charge in [-0.15, -0.1) is 0 Å². The zero-order valence-corrected chi connectivity index (χ0v) is 14.4. The molecule has 2 heterocycles. The van der Waals surface area contributed by atoms with E-state index in [1.54, 1.807) is 20.0 Å². The lowest BCUT2D eigenvalue weighted by Gasteiger charge is -2.25. The lowest BCUT2D eigenvalue weighted by atomic mass is 9.79. The van der Waals surface area contributed by atoms with Crippen molar-refractivity contribution in [1.82, 2.24) is 25.1 Å². The van der Waals surface area contributed by atoms with E-state index in [2.05, 4.69) is 32.0 Å². The standard InChI is InChI=1S/C14H21N5O3S/c1-8-5-6-10-9(7-15-17-10)11(8)12-16-13(18-22-12)14(2,3)19-23(4,20)21/h7-8,11,19H,5-6H2,1-4H3,(H,15,17). The number of aryl methyl sites for hydroxylation is 1. The maximum absolute atomic E-state index is 11.5. The van der Waals surface area contributed by atoms with E-state index in [4.69, 9.17) is 4.52 Å². The molecular formula is C14H21N5O3S. The summed E-state index contributed by atoms with van der Waals surface area (Å²) >= 11 is 0. The number of hydrogen-bond acceptors (Lipinski definition) is 6. The molecule has 0 bridgehead atoms. The van der Waals surface area contributed by atoms with Crippen LogP contribution >= 0.6 is 0 Å². The van der Waals surface area contributed by atoms with Gasteiger partial charge in [-0.25, -0.2) is 13.1 Å². The summed E-state index contributed by atoms with van der Waals surface area (Å²) in [6.45, 7) is 5.55. The van der Waals surface area contributed by atoms with E-state index in [9.17, 15) is 8.42 Å². The van der Waals surface area contributed by atoms with E-state index in [-0.39, 0.29) is 5.92 Å². The molecule has 23 heavy (non-hydrogen) atoms. The van der Waals surface area contributed by atoms with Crippen LogP contribution in [-0.2, 0) is 22.0 Å². The summed E-state index contributed by atoms with van der Waals surface area (Å²) in [7, 11) is -3.38. The molecule has 2 N–H and O–H groups in total. The van der Waals surface area contributed by atoms with E-state index in [1.165, 1.54) is 0 Å². The second kappa shape index (κ2) is 5.41. The minimum Gasteiger partial charge on any atom is -0.339 e. The number of nitrogens with zero attached hydrogens (tertiary/aromatic N) is 3. The van der Waals surface area contributed by atoms with Crippen LogP contribution in [0, 0.1) is 5.92 Å². The van der Waals surface area contributed by atoms with E-state index in [0.717, 1.165) is 30.4 Å². The highest BCUT2D eigenvalue weighted by molar-refractivity contribution is 7.88. The topological polar surface area (TPSA) is 114 Å². The number of hydrogen-bond donors (Lipinski definition) is 2. The van der Waals surface area contributed by atoms with Crippen molar-refractivity contribution in [3.05, 3.63) is 29.2 Å². The highest BCUT2D eigenvalue weighted by atomic mass is 32.2. The molecule has 0 aliphatic heterocycles. The van der Waals surface area contributed by atoms with Crippen molar-refractivity contribution in [2.75, 3.05) is 6.26 Å². The van der Waals surface area contributed by atoms with Gasteiger partial charge in [0, 0.05) is 11.3 Å². The van der Waals surface area contributed by atoms with Gasteiger partial charge in [-0.05, 0) is 32.6 Å². The third kappa shape index (κ3) is 3.16. The van der Waals surface area contributed by atoms with Crippen LogP contribution in [-0.4, -0.2) is 35.0 Å². The summed E-state index contributed by atoms with van der Waals surface area (Å²) in [5.41, 5.74) is 1.24. The predicted molar refractivity (Wildman–Crippen MR) is 83.2 cm³/mol. The zero-order chi connectivity index (χ0) is 16.8. The number of aromatic amines is 1. The first-order chi connectivity index (χ1) is 10.7. The maximum Gasteiger partial charge on any atom is 0.234 e. The number of nitrogens with one attached hydrogen (secondary N) is 2. The van der Waals surface area contributed by atoms with Crippen molar-refractivity contribution in [2.24, 2.45) is 5.92 Å². The quantitative estimate of drug-likeness (QED) is 0.867. The van der Waals surface area contributed by atoms with Crippen molar-refractivity contribution < 1.29 is 12.9 Å². The Kier molecular flexibility index (Phi) is 3.80. The van der Waals surface area contributed by atoms with Gasteiger partial charge in [-0.1, -0.05) is 12.1 Å². The van der Waals surface area contributed by atoms with Crippen LogP contribution in [0.15, 0.2) is 10.7 Å². The van der Waals surface area contributed by atoms with Gasteiger partial charge < -0.3 is 4.52 Å². The molecule has 2 unspecified atom stereocenters. The highest BCUT2D eigenvalue weighted by Crippen LogP contribution is 2.39. The second-order valence-corrected chi connectivity index (χ2v) is 8.50. The molecule has 2 aromatic rings. The van der Waals surface area contributed by atoms with Gasteiger partial charge in [0.2, 0.25) is 15.9 Å². The number of sulfonamides is 1. The molecule has 0 spiro atoms. The monoisotopic (exact) mass is 339 g/mol. The van der Waals surface area contributed by atoms with Crippen molar-refractivity contribution >= 4 is 10.0 Å². The summed E-state index contributed by atoms with van der Waals surface area (Å²) in [5, 5.41) is 11.1. The van der Waals surface area contributed by atoms with E-state index >= 15 is 0 Å². The summed E-state index contributed by atoms with van der Waals surface area (Å²) in [6.07, 6.45) is 4.87. The third-order valence-corrected chi connectivity index (χ3v) is 5.09. The van der Waals surface area contributed by atoms with Gasteiger partial charge >= 0.3 is 0 Å². The lowest BCUT2D eigenvalue weighted by molar-refractivity contribution is 0.310. The predicted octanol–water partition coefficient (Wildman–Crippen LogP) is 1.29. The minimum absolute atomic E-state index is 0.0206. The SMILES string of the molecule is CC1CCc2[nH]ncc2C1c1nc(C(C)(C)NS(C)(=O)=O)no1. The van der Waals surface area contributed by atoms with Gasteiger partial charge in [0.25, 0.3) is 0 Å². The molecule has 2 atom stereocenters. The van der Waals surface area contributed by atoms with Gasteiger partial charge in [0.05, 0.1) is 23.9 Å². The highest BCUT2D eigenvalue weighted by Gasteiger charge is 2.36. The Morgan fingerprint density at radius 2 is 2.17 bits per heavy atom. The fourth-order valence-electron chi connectivity index (χ4n) is 3.14. The Balaban J connectivity index is 1.94. The lowest BCUT2D eigenvalue weighted by Crippen LogP contribution is -2.41.